The first-order chi connectivity index (χ1) is 11.9. The van der Waals surface area contributed by atoms with E-state index in [-0.39, 0.29) is 0 Å². The van der Waals surface area contributed by atoms with E-state index in [9.17, 15) is 0 Å². The highest BCUT2D eigenvalue weighted by molar-refractivity contribution is 5.06. The Hall–Kier alpha value is -0.0400. The quantitative estimate of drug-likeness (QED) is 0.318. The Morgan fingerprint density at radius 2 is 1.28 bits per heavy atom. The number of hydrogen-bond acceptors (Lipinski definition) is 1. The van der Waals surface area contributed by atoms with E-state index in [0.717, 1.165) is 23.8 Å². The molecule has 0 aromatic carbocycles. The van der Waals surface area contributed by atoms with Crippen LogP contribution in [-0.4, -0.2) is 12.1 Å². The van der Waals surface area contributed by atoms with Gasteiger partial charge in [-0.2, -0.15) is 0 Å². The van der Waals surface area contributed by atoms with Crippen molar-refractivity contribution >= 4 is 0 Å². The molecule has 1 fully saturated rings. The Labute approximate surface area is 160 Å². The molecule has 1 saturated carbocycles. The van der Waals surface area contributed by atoms with Gasteiger partial charge in [-0.3, -0.25) is 0 Å². The van der Waals surface area contributed by atoms with Crippen LogP contribution < -0.4 is 5.32 Å². The van der Waals surface area contributed by atoms with Crippen LogP contribution in [0.1, 0.15) is 119 Å². The van der Waals surface area contributed by atoms with E-state index in [4.69, 9.17) is 0 Å². The van der Waals surface area contributed by atoms with Crippen molar-refractivity contribution in [1.82, 2.24) is 5.32 Å². The highest BCUT2D eigenvalue weighted by Gasteiger charge is 2.53. The lowest BCUT2D eigenvalue weighted by molar-refractivity contribution is -0.0735. The molecule has 0 spiro atoms. The summed E-state index contributed by atoms with van der Waals surface area (Å²) in [5, 5.41) is 3.99. The molecule has 1 rings (SSSR count). The van der Waals surface area contributed by atoms with Gasteiger partial charge in [0.15, 0.2) is 0 Å². The summed E-state index contributed by atoms with van der Waals surface area (Å²) in [7, 11) is 0. The molecular formula is C24H49N. The van der Waals surface area contributed by atoms with Crippen LogP contribution in [-0.2, 0) is 0 Å². The number of hydrogen-bond donors (Lipinski definition) is 1. The van der Waals surface area contributed by atoms with E-state index >= 15 is 0 Å². The third kappa shape index (κ3) is 6.56. The summed E-state index contributed by atoms with van der Waals surface area (Å²) in [4.78, 5) is 0. The Morgan fingerprint density at radius 3 is 1.72 bits per heavy atom. The summed E-state index contributed by atoms with van der Waals surface area (Å²) >= 11 is 0. The third-order valence-electron chi connectivity index (χ3n) is 7.63. The maximum atomic E-state index is 3.99. The third-order valence-corrected chi connectivity index (χ3v) is 7.63. The smallest absolute Gasteiger partial charge is 0.0132 e. The molecule has 0 amide bonds. The van der Waals surface area contributed by atoms with Crippen molar-refractivity contribution in [3.05, 3.63) is 0 Å². The van der Waals surface area contributed by atoms with Crippen LogP contribution in [0.2, 0.25) is 0 Å². The van der Waals surface area contributed by atoms with Gasteiger partial charge in [0.25, 0.3) is 0 Å². The average Bonchev–Trinajstić information content (AvgIpc) is 2.60. The van der Waals surface area contributed by atoms with Crippen LogP contribution in [0.25, 0.3) is 0 Å². The average molecular weight is 352 g/mol. The van der Waals surface area contributed by atoms with Crippen molar-refractivity contribution in [3.63, 3.8) is 0 Å². The molecule has 0 aromatic heterocycles. The monoisotopic (exact) mass is 351 g/mol. The molecule has 25 heavy (non-hydrogen) atoms. The second-order valence-electron chi connectivity index (χ2n) is 9.61. The molecule has 1 aliphatic carbocycles. The highest BCUT2D eigenvalue weighted by Crippen LogP contribution is 2.54. The molecule has 0 aliphatic heterocycles. The van der Waals surface area contributed by atoms with Crippen LogP contribution in [0, 0.1) is 23.2 Å². The van der Waals surface area contributed by atoms with Crippen LogP contribution in [0.5, 0.6) is 0 Å². The van der Waals surface area contributed by atoms with Gasteiger partial charge in [-0.1, -0.05) is 106 Å². The summed E-state index contributed by atoms with van der Waals surface area (Å²) in [5.74, 6) is 2.39. The molecule has 3 unspecified atom stereocenters. The fourth-order valence-electron chi connectivity index (χ4n) is 5.14. The van der Waals surface area contributed by atoms with Gasteiger partial charge < -0.3 is 5.32 Å². The molecule has 1 nitrogen and oxygen atoms in total. The summed E-state index contributed by atoms with van der Waals surface area (Å²) in [6, 6.07) is 1.42. The van der Waals surface area contributed by atoms with Crippen molar-refractivity contribution < 1.29 is 0 Å². The Bertz CT molecular complexity index is 325. The van der Waals surface area contributed by atoms with Gasteiger partial charge in [0, 0.05) is 12.1 Å². The standard InChI is InChI=1S/C24H49N/c1-8-10-11-12-13-14-15-16-17-18-24(7)20(5)23(21(24)6)25-22(9-2)19(3)4/h19-23,25H,8-18H2,1-7H3. The molecule has 3 atom stereocenters. The topological polar surface area (TPSA) is 12.0 Å². The van der Waals surface area contributed by atoms with E-state index in [2.05, 4.69) is 53.8 Å². The van der Waals surface area contributed by atoms with Crippen LogP contribution in [0.4, 0.5) is 0 Å². The first-order valence-corrected chi connectivity index (χ1v) is 11.6. The van der Waals surface area contributed by atoms with E-state index in [1.165, 1.54) is 70.6 Å². The zero-order valence-electron chi connectivity index (χ0n) is 18.7. The molecule has 1 heteroatoms. The molecular weight excluding hydrogens is 302 g/mol. The van der Waals surface area contributed by atoms with Gasteiger partial charge in [0.05, 0.1) is 0 Å². The molecule has 0 heterocycles. The van der Waals surface area contributed by atoms with Gasteiger partial charge in [-0.25, -0.2) is 0 Å². The second-order valence-corrected chi connectivity index (χ2v) is 9.61. The Kier molecular flexibility index (Phi) is 10.7. The lowest BCUT2D eigenvalue weighted by Gasteiger charge is -2.59. The fraction of sp³-hybridized carbons (Fsp3) is 1.00. The molecule has 150 valence electrons. The predicted molar refractivity (Wildman–Crippen MR) is 114 cm³/mol. The molecule has 0 saturated heterocycles. The SMILES string of the molecule is CCCCCCCCCCCC1(C)C(C)C(NC(CC)C(C)C)C1C. The van der Waals surface area contributed by atoms with Crippen molar-refractivity contribution in [2.75, 3.05) is 0 Å². The molecule has 0 bridgehead atoms. The van der Waals surface area contributed by atoms with Crippen molar-refractivity contribution in [3.8, 4) is 0 Å². The van der Waals surface area contributed by atoms with Crippen molar-refractivity contribution in [2.24, 2.45) is 23.2 Å². The first-order valence-electron chi connectivity index (χ1n) is 11.6. The van der Waals surface area contributed by atoms with Crippen molar-refractivity contribution in [2.45, 2.75) is 131 Å². The van der Waals surface area contributed by atoms with Gasteiger partial charge in [0.1, 0.15) is 0 Å². The molecule has 0 aromatic rings. The van der Waals surface area contributed by atoms with Crippen LogP contribution in [0.3, 0.4) is 0 Å². The van der Waals surface area contributed by atoms with Gasteiger partial charge >= 0.3 is 0 Å². The minimum Gasteiger partial charge on any atom is -0.310 e. The van der Waals surface area contributed by atoms with Gasteiger partial charge in [-0.05, 0) is 36.0 Å². The van der Waals surface area contributed by atoms with Gasteiger partial charge in [-0.15, -0.1) is 0 Å². The van der Waals surface area contributed by atoms with E-state index in [0.29, 0.717) is 11.5 Å². The number of nitrogens with one attached hydrogen (secondary N) is 1. The Balaban J connectivity index is 2.21. The first kappa shape index (κ1) is 23.0. The number of unbranched alkanes of at least 4 members (excludes halogenated alkanes) is 8. The highest BCUT2D eigenvalue weighted by atomic mass is 15.0. The van der Waals surface area contributed by atoms with Crippen molar-refractivity contribution in [1.29, 1.82) is 0 Å². The van der Waals surface area contributed by atoms with Crippen LogP contribution in [0.15, 0.2) is 0 Å². The Morgan fingerprint density at radius 1 is 0.800 bits per heavy atom. The number of rotatable bonds is 14. The summed E-state index contributed by atoms with van der Waals surface area (Å²) in [5.41, 5.74) is 0.564. The minimum atomic E-state index is 0.564. The van der Waals surface area contributed by atoms with Gasteiger partial charge in [0.2, 0.25) is 0 Å². The normalized spacial score (nSPS) is 30.5. The fourth-order valence-corrected chi connectivity index (χ4v) is 5.14. The molecule has 1 aliphatic rings. The summed E-state index contributed by atoms with van der Waals surface area (Å²) < 4.78 is 0. The lowest BCUT2D eigenvalue weighted by atomic mass is 9.50. The zero-order valence-corrected chi connectivity index (χ0v) is 18.7. The van der Waals surface area contributed by atoms with Crippen LogP contribution >= 0.6 is 0 Å². The minimum absolute atomic E-state index is 0.564. The molecule has 0 radical (unpaired) electrons. The van der Waals surface area contributed by atoms with E-state index in [1.54, 1.807) is 0 Å². The van der Waals surface area contributed by atoms with E-state index < -0.39 is 0 Å². The summed E-state index contributed by atoms with van der Waals surface area (Å²) in [6.45, 7) is 16.9. The lowest BCUT2D eigenvalue weighted by Crippen LogP contribution is -2.64. The maximum absolute atomic E-state index is 3.99. The predicted octanol–water partition coefficient (Wildman–Crippen LogP) is 7.59. The zero-order chi connectivity index (χ0) is 18.9. The molecule has 1 N–H and O–H groups in total. The van der Waals surface area contributed by atoms with E-state index in [1.807, 2.05) is 0 Å². The largest absolute Gasteiger partial charge is 0.310 e. The second kappa shape index (κ2) is 11.6. The maximum Gasteiger partial charge on any atom is 0.0132 e. The summed E-state index contributed by atoms with van der Waals surface area (Å²) in [6.07, 6.45) is 15.7.